The van der Waals surface area contributed by atoms with Gasteiger partial charge in [-0.2, -0.15) is 5.10 Å². The van der Waals surface area contributed by atoms with Crippen molar-refractivity contribution in [3.8, 4) is 11.4 Å². The van der Waals surface area contributed by atoms with Crippen LogP contribution in [0, 0.1) is 6.92 Å². The average Bonchev–Trinajstić information content (AvgIpc) is 3.20. The minimum absolute atomic E-state index is 0.0644. The third-order valence-electron chi connectivity index (χ3n) is 4.44. The summed E-state index contributed by atoms with van der Waals surface area (Å²) in [7, 11) is 0. The maximum absolute atomic E-state index is 12.7. The van der Waals surface area contributed by atoms with E-state index in [1.807, 2.05) is 35.9 Å². The first-order chi connectivity index (χ1) is 12.1. The fraction of sp³-hybridized carbons (Fsp3) is 0.211. The lowest BCUT2D eigenvalue weighted by atomic mass is 10.2. The van der Waals surface area contributed by atoms with Crippen molar-refractivity contribution in [1.29, 1.82) is 0 Å². The molecule has 0 unspecified atom stereocenters. The first kappa shape index (κ1) is 15.4. The van der Waals surface area contributed by atoms with Gasteiger partial charge in [0.25, 0.3) is 5.91 Å². The van der Waals surface area contributed by atoms with Crippen molar-refractivity contribution in [2.24, 2.45) is 0 Å². The van der Waals surface area contributed by atoms with Crippen LogP contribution < -0.4 is 5.32 Å². The normalized spacial score (nSPS) is 12.8. The zero-order valence-corrected chi connectivity index (χ0v) is 13.9. The Morgan fingerprint density at radius 2 is 2.00 bits per heavy atom. The Balaban J connectivity index is 1.71. The lowest BCUT2D eigenvalue weighted by Crippen LogP contribution is -2.15. The van der Waals surface area contributed by atoms with Crippen molar-refractivity contribution in [1.82, 2.24) is 14.8 Å². The lowest BCUT2D eigenvalue weighted by molar-refractivity contribution is 0.102. The van der Waals surface area contributed by atoms with Gasteiger partial charge in [0.2, 0.25) is 0 Å². The molecule has 4 rings (SSSR count). The van der Waals surface area contributed by atoms with Crippen LogP contribution in [0.4, 0.5) is 5.82 Å². The molecule has 1 aliphatic carbocycles. The van der Waals surface area contributed by atoms with Gasteiger partial charge in [0.05, 0.1) is 5.69 Å². The van der Waals surface area contributed by atoms with E-state index in [1.165, 1.54) is 17.8 Å². The van der Waals surface area contributed by atoms with E-state index in [4.69, 9.17) is 0 Å². The molecule has 126 valence electrons. The number of aromatic nitrogens is 3. The number of aryl methyl sites for hydroxylation is 1. The predicted molar refractivity (Wildman–Crippen MR) is 94.2 cm³/mol. The number of aromatic hydroxyl groups is 1. The first-order valence-corrected chi connectivity index (χ1v) is 8.26. The molecule has 0 atom stereocenters. The van der Waals surface area contributed by atoms with E-state index < -0.39 is 0 Å². The molecule has 0 spiro atoms. The predicted octanol–water partition coefficient (Wildman–Crippen LogP) is 3.02. The molecule has 6 nitrogen and oxygen atoms in total. The molecule has 1 amide bonds. The second kappa shape index (κ2) is 6.05. The van der Waals surface area contributed by atoms with E-state index in [1.54, 1.807) is 6.07 Å². The number of pyridine rings is 1. The van der Waals surface area contributed by atoms with Crippen molar-refractivity contribution < 1.29 is 9.90 Å². The van der Waals surface area contributed by atoms with Crippen LogP contribution in [0.2, 0.25) is 0 Å². The van der Waals surface area contributed by atoms with Gasteiger partial charge in [-0.3, -0.25) is 4.79 Å². The number of amides is 1. The Kier molecular flexibility index (Phi) is 3.72. The molecule has 0 fully saturated rings. The minimum Gasteiger partial charge on any atom is -0.504 e. The Bertz CT molecular complexity index is 945. The molecule has 25 heavy (non-hydrogen) atoms. The number of rotatable bonds is 3. The smallest absolute Gasteiger partial charge is 0.277 e. The number of hydrogen-bond acceptors (Lipinski definition) is 4. The van der Waals surface area contributed by atoms with E-state index in [0.29, 0.717) is 5.69 Å². The third-order valence-corrected chi connectivity index (χ3v) is 4.44. The fourth-order valence-corrected chi connectivity index (χ4v) is 3.18. The van der Waals surface area contributed by atoms with E-state index >= 15 is 0 Å². The van der Waals surface area contributed by atoms with Gasteiger partial charge >= 0.3 is 0 Å². The largest absolute Gasteiger partial charge is 0.504 e. The maximum Gasteiger partial charge on any atom is 0.277 e. The number of hydrogen-bond donors (Lipinski definition) is 2. The van der Waals surface area contributed by atoms with Crippen molar-refractivity contribution in [2.45, 2.75) is 26.2 Å². The summed E-state index contributed by atoms with van der Waals surface area (Å²) in [5.74, 6) is -0.271. The molecule has 1 aromatic carbocycles. The van der Waals surface area contributed by atoms with Crippen LogP contribution in [0.5, 0.6) is 5.75 Å². The summed E-state index contributed by atoms with van der Waals surface area (Å²) >= 11 is 0. The molecule has 2 aromatic heterocycles. The number of anilines is 1. The van der Waals surface area contributed by atoms with Gasteiger partial charge in [0.1, 0.15) is 0 Å². The van der Waals surface area contributed by atoms with Crippen LogP contribution in [0.15, 0.2) is 42.6 Å². The fourth-order valence-electron chi connectivity index (χ4n) is 3.18. The van der Waals surface area contributed by atoms with Crippen LogP contribution in [0.1, 0.15) is 33.7 Å². The monoisotopic (exact) mass is 334 g/mol. The number of carbonyl (C=O) groups is 1. The van der Waals surface area contributed by atoms with Gasteiger partial charge in [-0.1, -0.05) is 17.7 Å². The zero-order valence-electron chi connectivity index (χ0n) is 13.9. The molecule has 0 radical (unpaired) electrons. The van der Waals surface area contributed by atoms with Crippen LogP contribution in [-0.2, 0) is 12.8 Å². The number of nitrogens with zero attached hydrogens (tertiary/aromatic N) is 3. The molecular formula is C19H18N4O2. The van der Waals surface area contributed by atoms with Crippen molar-refractivity contribution in [3.05, 3.63) is 65.1 Å². The first-order valence-electron chi connectivity index (χ1n) is 8.26. The number of fused-ring (bicyclic) bond motifs is 1. The number of benzene rings is 1. The Morgan fingerprint density at radius 3 is 2.76 bits per heavy atom. The van der Waals surface area contributed by atoms with Crippen molar-refractivity contribution in [3.63, 3.8) is 0 Å². The zero-order chi connectivity index (χ0) is 17.4. The van der Waals surface area contributed by atoms with E-state index in [-0.39, 0.29) is 17.5 Å². The highest BCUT2D eigenvalue weighted by Gasteiger charge is 2.27. The van der Waals surface area contributed by atoms with Crippen molar-refractivity contribution >= 4 is 11.7 Å². The molecule has 0 bridgehead atoms. The topological polar surface area (TPSA) is 80.0 Å². The molecule has 3 aromatic rings. The standard InChI is InChI=1S/C19H18N4O2/c1-12-7-9-13(10-8-12)23-15-5-2-4-14(15)17(22-23)19(25)21-18-16(24)6-3-11-20-18/h3,6-11,24H,2,4-5H2,1H3,(H,20,21,25). The van der Waals surface area contributed by atoms with Gasteiger partial charge in [-0.25, -0.2) is 9.67 Å². The second-order valence-corrected chi connectivity index (χ2v) is 6.20. The summed E-state index contributed by atoms with van der Waals surface area (Å²) in [6.07, 6.45) is 4.26. The second-order valence-electron chi connectivity index (χ2n) is 6.20. The molecule has 0 saturated heterocycles. The Hall–Kier alpha value is -3.15. The van der Waals surface area contributed by atoms with Crippen LogP contribution >= 0.6 is 0 Å². The molecule has 1 aliphatic rings. The van der Waals surface area contributed by atoms with Crippen LogP contribution in [0.3, 0.4) is 0 Å². The van der Waals surface area contributed by atoms with Gasteiger partial charge in [0.15, 0.2) is 17.3 Å². The lowest BCUT2D eigenvalue weighted by Gasteiger charge is -2.06. The molecule has 2 N–H and O–H groups in total. The van der Waals surface area contributed by atoms with Crippen LogP contribution in [0.25, 0.3) is 5.69 Å². The highest BCUT2D eigenvalue weighted by atomic mass is 16.3. The van der Waals surface area contributed by atoms with E-state index in [9.17, 15) is 9.90 Å². The highest BCUT2D eigenvalue weighted by Crippen LogP contribution is 2.29. The van der Waals surface area contributed by atoms with Crippen molar-refractivity contribution in [2.75, 3.05) is 5.32 Å². The summed E-state index contributed by atoms with van der Waals surface area (Å²) in [6, 6.07) is 11.2. The molecular weight excluding hydrogens is 316 g/mol. The van der Waals surface area contributed by atoms with Gasteiger partial charge in [0, 0.05) is 17.5 Å². The molecule has 6 heteroatoms. The maximum atomic E-state index is 12.7. The SMILES string of the molecule is Cc1ccc(-n2nc(C(=O)Nc3ncccc3O)c3c2CCC3)cc1. The summed E-state index contributed by atoms with van der Waals surface area (Å²) in [5.41, 5.74) is 4.59. The van der Waals surface area contributed by atoms with Gasteiger partial charge < -0.3 is 10.4 Å². The summed E-state index contributed by atoms with van der Waals surface area (Å²) in [6.45, 7) is 2.04. The van der Waals surface area contributed by atoms with Gasteiger partial charge in [-0.05, 0) is 50.5 Å². The van der Waals surface area contributed by atoms with Gasteiger partial charge in [-0.15, -0.1) is 0 Å². The number of nitrogens with one attached hydrogen (secondary N) is 1. The van der Waals surface area contributed by atoms with E-state index in [2.05, 4.69) is 15.4 Å². The minimum atomic E-state index is -0.349. The summed E-state index contributed by atoms with van der Waals surface area (Å²) in [4.78, 5) is 16.7. The Labute approximate surface area is 145 Å². The molecule has 0 aliphatic heterocycles. The summed E-state index contributed by atoms with van der Waals surface area (Å²) in [5, 5.41) is 17.0. The van der Waals surface area contributed by atoms with E-state index in [0.717, 1.165) is 36.2 Å². The number of carbonyl (C=O) groups excluding carboxylic acids is 1. The third kappa shape index (κ3) is 2.76. The summed E-state index contributed by atoms with van der Waals surface area (Å²) < 4.78 is 1.86. The molecule has 0 saturated carbocycles. The van der Waals surface area contributed by atoms with Crippen LogP contribution in [-0.4, -0.2) is 25.8 Å². The molecule has 2 heterocycles. The quantitative estimate of drug-likeness (QED) is 0.771. The average molecular weight is 334 g/mol. The Morgan fingerprint density at radius 1 is 1.20 bits per heavy atom. The highest BCUT2D eigenvalue weighted by molar-refractivity contribution is 6.04.